The fraction of sp³-hybridized carbons (Fsp3) is 0.923. The van der Waals surface area contributed by atoms with Crippen LogP contribution in [0.2, 0.25) is 0 Å². The van der Waals surface area contributed by atoms with Gasteiger partial charge in [0.15, 0.2) is 0 Å². The van der Waals surface area contributed by atoms with E-state index in [9.17, 15) is 4.79 Å². The van der Waals surface area contributed by atoms with Crippen molar-refractivity contribution in [1.29, 1.82) is 0 Å². The summed E-state index contributed by atoms with van der Waals surface area (Å²) in [7, 11) is 0. The van der Waals surface area contributed by atoms with Crippen molar-refractivity contribution in [1.82, 2.24) is 10.6 Å². The van der Waals surface area contributed by atoms with E-state index in [0.29, 0.717) is 11.3 Å². The minimum atomic E-state index is 0.119. The van der Waals surface area contributed by atoms with Crippen LogP contribution < -0.4 is 10.6 Å². The SMILES string of the molecule is CCC(C)NC(=O)CNCC1(SC)CCCC1. The van der Waals surface area contributed by atoms with Gasteiger partial charge in [-0.2, -0.15) is 11.8 Å². The average molecular weight is 258 g/mol. The average Bonchev–Trinajstić information content (AvgIpc) is 2.78. The lowest BCUT2D eigenvalue weighted by atomic mass is 10.1. The topological polar surface area (TPSA) is 41.1 Å². The molecular formula is C13H26N2OS. The Kier molecular flexibility index (Phi) is 6.34. The van der Waals surface area contributed by atoms with Crippen molar-refractivity contribution in [3.63, 3.8) is 0 Å². The smallest absolute Gasteiger partial charge is 0.234 e. The van der Waals surface area contributed by atoms with Gasteiger partial charge in [0.05, 0.1) is 6.54 Å². The summed E-state index contributed by atoms with van der Waals surface area (Å²) in [4.78, 5) is 11.6. The summed E-state index contributed by atoms with van der Waals surface area (Å²) in [6.45, 7) is 5.53. The van der Waals surface area contributed by atoms with Gasteiger partial charge >= 0.3 is 0 Å². The molecule has 1 aliphatic carbocycles. The van der Waals surface area contributed by atoms with Crippen molar-refractivity contribution >= 4 is 17.7 Å². The summed E-state index contributed by atoms with van der Waals surface area (Å²) in [6.07, 6.45) is 8.41. The molecular weight excluding hydrogens is 232 g/mol. The van der Waals surface area contributed by atoms with Gasteiger partial charge in [0.1, 0.15) is 0 Å². The van der Waals surface area contributed by atoms with Crippen LogP contribution in [-0.2, 0) is 4.79 Å². The lowest BCUT2D eigenvalue weighted by molar-refractivity contribution is -0.120. The van der Waals surface area contributed by atoms with Gasteiger partial charge in [-0.1, -0.05) is 19.8 Å². The molecule has 1 aliphatic rings. The van der Waals surface area contributed by atoms with Crippen LogP contribution in [0.4, 0.5) is 0 Å². The highest BCUT2D eigenvalue weighted by atomic mass is 32.2. The molecule has 1 atom stereocenters. The second-order valence-corrected chi connectivity index (χ2v) is 6.35. The highest BCUT2D eigenvalue weighted by Gasteiger charge is 2.32. The molecule has 1 amide bonds. The Bertz CT molecular complexity index is 240. The molecule has 0 aliphatic heterocycles. The first-order chi connectivity index (χ1) is 8.12. The Morgan fingerprint density at radius 3 is 2.59 bits per heavy atom. The van der Waals surface area contributed by atoms with E-state index in [4.69, 9.17) is 0 Å². The summed E-state index contributed by atoms with van der Waals surface area (Å²) in [5.74, 6) is 0.119. The number of nitrogens with one attached hydrogen (secondary N) is 2. The maximum atomic E-state index is 11.6. The molecule has 0 aromatic heterocycles. The van der Waals surface area contributed by atoms with Gasteiger partial charge in [0.25, 0.3) is 0 Å². The number of rotatable bonds is 7. The number of carbonyl (C=O) groups is 1. The van der Waals surface area contributed by atoms with Gasteiger partial charge in [-0.25, -0.2) is 0 Å². The molecule has 100 valence electrons. The van der Waals surface area contributed by atoms with Crippen molar-refractivity contribution in [3.05, 3.63) is 0 Å². The van der Waals surface area contributed by atoms with Crippen LogP contribution in [0.15, 0.2) is 0 Å². The van der Waals surface area contributed by atoms with Crippen molar-refractivity contribution < 1.29 is 4.79 Å². The fourth-order valence-electron chi connectivity index (χ4n) is 2.30. The Hall–Kier alpha value is -0.220. The zero-order chi connectivity index (χ0) is 12.7. The summed E-state index contributed by atoms with van der Waals surface area (Å²) < 4.78 is 0.386. The Labute approximate surface area is 109 Å². The predicted octanol–water partition coefficient (Wildman–Crippen LogP) is 2.17. The number of hydrogen-bond acceptors (Lipinski definition) is 3. The fourth-order valence-corrected chi connectivity index (χ4v) is 3.25. The van der Waals surface area contributed by atoms with Crippen molar-refractivity contribution in [3.8, 4) is 0 Å². The van der Waals surface area contributed by atoms with E-state index in [0.717, 1.165) is 13.0 Å². The van der Waals surface area contributed by atoms with E-state index in [-0.39, 0.29) is 11.9 Å². The molecule has 3 nitrogen and oxygen atoms in total. The zero-order valence-corrected chi connectivity index (χ0v) is 12.2. The first kappa shape index (κ1) is 14.8. The molecule has 17 heavy (non-hydrogen) atoms. The number of amides is 1. The van der Waals surface area contributed by atoms with Crippen LogP contribution >= 0.6 is 11.8 Å². The van der Waals surface area contributed by atoms with Crippen LogP contribution in [0.1, 0.15) is 46.0 Å². The van der Waals surface area contributed by atoms with Gasteiger partial charge in [0, 0.05) is 17.3 Å². The van der Waals surface area contributed by atoms with Crippen molar-refractivity contribution in [2.45, 2.75) is 56.7 Å². The quantitative estimate of drug-likeness (QED) is 0.735. The lowest BCUT2D eigenvalue weighted by Crippen LogP contribution is -2.43. The van der Waals surface area contributed by atoms with Gasteiger partial charge in [-0.15, -0.1) is 0 Å². The van der Waals surface area contributed by atoms with E-state index in [1.54, 1.807) is 0 Å². The second kappa shape index (κ2) is 7.27. The molecule has 1 saturated carbocycles. The molecule has 0 heterocycles. The van der Waals surface area contributed by atoms with Crippen molar-refractivity contribution in [2.75, 3.05) is 19.3 Å². The summed E-state index contributed by atoms with van der Waals surface area (Å²) in [5.41, 5.74) is 0. The minimum absolute atomic E-state index is 0.119. The Morgan fingerprint density at radius 1 is 1.41 bits per heavy atom. The molecule has 0 bridgehead atoms. The van der Waals surface area contributed by atoms with Crippen LogP contribution in [0, 0.1) is 0 Å². The van der Waals surface area contributed by atoms with E-state index in [2.05, 4.69) is 23.8 Å². The van der Waals surface area contributed by atoms with E-state index in [1.165, 1.54) is 25.7 Å². The standard InChI is InChI=1S/C13H26N2OS/c1-4-11(2)15-12(16)9-14-10-13(17-3)7-5-6-8-13/h11,14H,4-10H2,1-3H3,(H,15,16). The largest absolute Gasteiger partial charge is 0.353 e. The number of thioether (sulfide) groups is 1. The van der Waals surface area contributed by atoms with Crippen LogP contribution in [0.25, 0.3) is 0 Å². The van der Waals surface area contributed by atoms with E-state index < -0.39 is 0 Å². The monoisotopic (exact) mass is 258 g/mol. The molecule has 0 aromatic carbocycles. The second-order valence-electron chi connectivity index (χ2n) is 5.07. The minimum Gasteiger partial charge on any atom is -0.353 e. The lowest BCUT2D eigenvalue weighted by Gasteiger charge is -2.27. The molecule has 1 unspecified atom stereocenters. The third kappa shape index (κ3) is 4.88. The maximum absolute atomic E-state index is 11.6. The Balaban J connectivity index is 2.20. The maximum Gasteiger partial charge on any atom is 0.234 e. The zero-order valence-electron chi connectivity index (χ0n) is 11.3. The van der Waals surface area contributed by atoms with Gasteiger partial charge in [-0.3, -0.25) is 4.79 Å². The first-order valence-corrected chi connectivity index (χ1v) is 7.89. The highest BCUT2D eigenvalue weighted by molar-refractivity contribution is 8.00. The molecule has 0 aromatic rings. The summed E-state index contributed by atoms with van der Waals surface area (Å²) >= 11 is 1.96. The van der Waals surface area contributed by atoms with Crippen LogP contribution in [-0.4, -0.2) is 36.0 Å². The van der Waals surface area contributed by atoms with Crippen LogP contribution in [0.3, 0.4) is 0 Å². The first-order valence-electron chi connectivity index (χ1n) is 6.67. The summed E-state index contributed by atoms with van der Waals surface area (Å²) in [5, 5.41) is 6.29. The Morgan fingerprint density at radius 2 is 2.06 bits per heavy atom. The predicted molar refractivity (Wildman–Crippen MR) is 75.5 cm³/mol. The molecule has 0 radical (unpaired) electrons. The molecule has 0 spiro atoms. The van der Waals surface area contributed by atoms with E-state index in [1.807, 2.05) is 18.7 Å². The molecule has 2 N–H and O–H groups in total. The van der Waals surface area contributed by atoms with Gasteiger partial charge in [0.2, 0.25) is 5.91 Å². The van der Waals surface area contributed by atoms with Crippen LogP contribution in [0.5, 0.6) is 0 Å². The van der Waals surface area contributed by atoms with Crippen molar-refractivity contribution in [2.24, 2.45) is 0 Å². The molecule has 0 saturated heterocycles. The van der Waals surface area contributed by atoms with E-state index >= 15 is 0 Å². The number of hydrogen-bond donors (Lipinski definition) is 2. The third-order valence-corrected chi connectivity index (χ3v) is 5.12. The van der Waals surface area contributed by atoms with Gasteiger partial charge < -0.3 is 10.6 Å². The van der Waals surface area contributed by atoms with Gasteiger partial charge in [-0.05, 0) is 32.4 Å². The molecule has 4 heteroatoms. The molecule has 1 rings (SSSR count). The normalized spacial score (nSPS) is 20.2. The summed E-state index contributed by atoms with van der Waals surface area (Å²) in [6, 6.07) is 0.283. The number of carbonyl (C=O) groups excluding carboxylic acids is 1. The molecule has 1 fully saturated rings. The third-order valence-electron chi connectivity index (χ3n) is 3.70. The highest BCUT2D eigenvalue weighted by Crippen LogP contribution is 2.39.